The number of nitrogens with one attached hydrogen (secondary N) is 1. The molecule has 0 fully saturated rings. The van der Waals surface area contributed by atoms with Crippen LogP contribution in [0.25, 0.3) is 4.96 Å². The highest BCUT2D eigenvalue weighted by atomic mass is 32.1. The van der Waals surface area contributed by atoms with Crippen LogP contribution < -0.4 is 5.32 Å². The zero-order valence-corrected chi connectivity index (χ0v) is 11.1. The van der Waals surface area contributed by atoms with Gasteiger partial charge in [-0.3, -0.25) is 4.40 Å². The molecule has 0 saturated heterocycles. The van der Waals surface area contributed by atoms with Gasteiger partial charge in [0.1, 0.15) is 0 Å². The molecule has 3 heterocycles. The Hall–Kier alpha value is -1.17. The third-order valence-corrected chi connectivity index (χ3v) is 4.50. The molecule has 0 aliphatic heterocycles. The van der Waals surface area contributed by atoms with Crippen molar-refractivity contribution in [2.24, 2.45) is 0 Å². The summed E-state index contributed by atoms with van der Waals surface area (Å²) in [5.41, 5.74) is 2.47. The first-order valence-electron chi connectivity index (χ1n) is 5.48. The molecule has 3 aromatic rings. The van der Waals surface area contributed by atoms with E-state index in [1.165, 1.54) is 10.4 Å². The second kappa shape index (κ2) is 4.60. The van der Waals surface area contributed by atoms with Gasteiger partial charge in [0.15, 0.2) is 4.96 Å². The highest BCUT2D eigenvalue weighted by Gasteiger charge is 2.03. The van der Waals surface area contributed by atoms with Crippen molar-refractivity contribution in [1.82, 2.24) is 14.7 Å². The second-order valence-electron chi connectivity index (χ2n) is 3.96. The number of aryl methyl sites for hydroxylation is 1. The minimum atomic E-state index is 0.825. The van der Waals surface area contributed by atoms with Crippen LogP contribution in [-0.2, 0) is 13.1 Å². The first-order valence-corrected chi connectivity index (χ1v) is 7.23. The molecule has 0 aromatic carbocycles. The minimum Gasteiger partial charge on any atom is -0.306 e. The van der Waals surface area contributed by atoms with Gasteiger partial charge in [0.05, 0.1) is 5.69 Å². The zero-order chi connectivity index (χ0) is 11.7. The van der Waals surface area contributed by atoms with E-state index in [2.05, 4.69) is 44.6 Å². The summed E-state index contributed by atoms with van der Waals surface area (Å²) in [5.74, 6) is 0. The molecule has 3 rings (SSSR count). The lowest BCUT2D eigenvalue weighted by Crippen LogP contribution is -2.12. The maximum absolute atomic E-state index is 4.54. The summed E-state index contributed by atoms with van der Waals surface area (Å²) in [4.78, 5) is 7.01. The quantitative estimate of drug-likeness (QED) is 0.784. The molecule has 17 heavy (non-hydrogen) atoms. The lowest BCUT2D eigenvalue weighted by molar-refractivity contribution is 0.688. The molecular formula is C12H13N3S2. The summed E-state index contributed by atoms with van der Waals surface area (Å²) in [6.45, 7) is 3.90. The number of thiazole rings is 1. The van der Waals surface area contributed by atoms with Gasteiger partial charge >= 0.3 is 0 Å². The molecule has 5 heteroatoms. The Morgan fingerprint density at radius 3 is 3.00 bits per heavy atom. The standard InChI is InChI=1S/C12H13N3S2/c1-9-2-4-16-11(9)7-13-6-10-8-15-3-5-17-12(15)14-10/h2-5,8,13H,6-7H2,1H3. The molecule has 3 aromatic heterocycles. The van der Waals surface area contributed by atoms with E-state index in [1.54, 1.807) is 22.7 Å². The average molecular weight is 263 g/mol. The number of nitrogens with zero attached hydrogens (tertiary/aromatic N) is 2. The second-order valence-corrected chi connectivity index (χ2v) is 5.83. The molecule has 0 atom stereocenters. The van der Waals surface area contributed by atoms with E-state index < -0.39 is 0 Å². The minimum absolute atomic E-state index is 0.825. The van der Waals surface area contributed by atoms with Crippen molar-refractivity contribution in [2.45, 2.75) is 20.0 Å². The average Bonchev–Trinajstić information content (AvgIpc) is 2.95. The van der Waals surface area contributed by atoms with Crippen molar-refractivity contribution in [3.8, 4) is 0 Å². The number of hydrogen-bond acceptors (Lipinski definition) is 4. The molecule has 0 amide bonds. The monoisotopic (exact) mass is 263 g/mol. The van der Waals surface area contributed by atoms with Crippen molar-refractivity contribution in [3.63, 3.8) is 0 Å². The van der Waals surface area contributed by atoms with Crippen LogP contribution in [0.3, 0.4) is 0 Å². The number of rotatable bonds is 4. The zero-order valence-electron chi connectivity index (χ0n) is 9.51. The van der Waals surface area contributed by atoms with Crippen molar-refractivity contribution < 1.29 is 0 Å². The summed E-state index contributed by atoms with van der Waals surface area (Å²) < 4.78 is 2.07. The third-order valence-electron chi connectivity index (χ3n) is 2.70. The van der Waals surface area contributed by atoms with Crippen LogP contribution in [0.2, 0.25) is 0 Å². The number of thiophene rings is 1. The van der Waals surface area contributed by atoms with E-state index in [0.29, 0.717) is 0 Å². The molecule has 1 N–H and O–H groups in total. The molecule has 3 nitrogen and oxygen atoms in total. The van der Waals surface area contributed by atoms with Gasteiger partial charge in [-0.2, -0.15) is 0 Å². The topological polar surface area (TPSA) is 29.3 Å². The molecule has 0 bridgehead atoms. The Bertz CT molecular complexity index is 592. The van der Waals surface area contributed by atoms with Crippen LogP contribution in [0.5, 0.6) is 0 Å². The Labute approximate surface area is 108 Å². The molecule has 0 aliphatic rings. The van der Waals surface area contributed by atoms with Crippen molar-refractivity contribution in [3.05, 3.63) is 45.4 Å². The number of aromatic nitrogens is 2. The van der Waals surface area contributed by atoms with E-state index in [0.717, 1.165) is 23.7 Å². The van der Waals surface area contributed by atoms with Crippen LogP contribution in [0.4, 0.5) is 0 Å². The molecule has 0 unspecified atom stereocenters. The van der Waals surface area contributed by atoms with Gasteiger partial charge in [-0.05, 0) is 23.9 Å². The SMILES string of the molecule is Cc1ccsc1CNCc1cn2ccsc2n1. The molecule has 0 saturated carbocycles. The lowest BCUT2D eigenvalue weighted by atomic mass is 10.3. The molecule has 0 spiro atoms. The summed E-state index contributed by atoms with van der Waals surface area (Å²) in [6.07, 6.45) is 4.13. The van der Waals surface area contributed by atoms with Crippen LogP contribution >= 0.6 is 22.7 Å². The Balaban J connectivity index is 1.61. The largest absolute Gasteiger partial charge is 0.306 e. The van der Waals surface area contributed by atoms with E-state index in [9.17, 15) is 0 Å². The van der Waals surface area contributed by atoms with E-state index in [1.807, 2.05) is 6.20 Å². The fourth-order valence-electron chi connectivity index (χ4n) is 1.75. The van der Waals surface area contributed by atoms with E-state index in [4.69, 9.17) is 0 Å². The van der Waals surface area contributed by atoms with Gasteiger partial charge in [0.2, 0.25) is 0 Å². The molecule has 88 valence electrons. The maximum Gasteiger partial charge on any atom is 0.193 e. The van der Waals surface area contributed by atoms with Crippen molar-refractivity contribution in [1.29, 1.82) is 0 Å². The first-order chi connectivity index (χ1) is 8.33. The summed E-state index contributed by atoms with van der Waals surface area (Å²) in [5, 5.41) is 7.62. The summed E-state index contributed by atoms with van der Waals surface area (Å²) in [6, 6.07) is 2.16. The highest BCUT2D eigenvalue weighted by Crippen LogP contribution is 2.15. The summed E-state index contributed by atoms with van der Waals surface area (Å²) >= 11 is 3.47. The molecule has 0 radical (unpaired) electrons. The van der Waals surface area contributed by atoms with Gasteiger partial charge in [-0.25, -0.2) is 4.98 Å². The van der Waals surface area contributed by atoms with E-state index >= 15 is 0 Å². The van der Waals surface area contributed by atoms with Crippen molar-refractivity contribution >= 4 is 27.6 Å². The van der Waals surface area contributed by atoms with Crippen molar-refractivity contribution in [2.75, 3.05) is 0 Å². The Kier molecular flexibility index (Phi) is 2.96. The highest BCUT2D eigenvalue weighted by molar-refractivity contribution is 7.15. The van der Waals surface area contributed by atoms with Gasteiger partial charge < -0.3 is 5.32 Å². The Morgan fingerprint density at radius 1 is 1.29 bits per heavy atom. The third kappa shape index (κ3) is 2.26. The fraction of sp³-hybridized carbons (Fsp3) is 0.250. The van der Waals surface area contributed by atoms with Crippen LogP contribution in [0.15, 0.2) is 29.2 Å². The van der Waals surface area contributed by atoms with Gasteiger partial charge in [-0.1, -0.05) is 0 Å². The predicted molar refractivity (Wildman–Crippen MR) is 72.7 cm³/mol. The molecule has 0 aliphatic carbocycles. The summed E-state index contributed by atoms with van der Waals surface area (Å²) in [7, 11) is 0. The van der Waals surface area contributed by atoms with Crippen LogP contribution in [-0.4, -0.2) is 9.38 Å². The maximum atomic E-state index is 4.54. The van der Waals surface area contributed by atoms with Gasteiger partial charge in [-0.15, -0.1) is 22.7 Å². The van der Waals surface area contributed by atoms with Crippen LogP contribution in [0.1, 0.15) is 16.1 Å². The smallest absolute Gasteiger partial charge is 0.193 e. The molecular weight excluding hydrogens is 250 g/mol. The predicted octanol–water partition coefficient (Wildman–Crippen LogP) is 3.06. The first kappa shape index (κ1) is 11.0. The fourth-order valence-corrected chi connectivity index (χ4v) is 3.35. The van der Waals surface area contributed by atoms with Gasteiger partial charge in [0.25, 0.3) is 0 Å². The Morgan fingerprint density at radius 2 is 2.24 bits per heavy atom. The lowest BCUT2D eigenvalue weighted by Gasteiger charge is -2.01. The number of fused-ring (bicyclic) bond motifs is 1. The normalized spacial score (nSPS) is 11.4. The number of hydrogen-bond donors (Lipinski definition) is 1. The van der Waals surface area contributed by atoms with Crippen LogP contribution in [0, 0.1) is 6.92 Å². The van der Waals surface area contributed by atoms with Gasteiger partial charge in [0, 0.05) is 35.7 Å². The van der Waals surface area contributed by atoms with E-state index in [-0.39, 0.29) is 0 Å². The number of imidazole rings is 1.